The molecule has 0 unspecified atom stereocenters. The van der Waals surface area contributed by atoms with Gasteiger partial charge in [-0.3, -0.25) is 0 Å². The van der Waals surface area contributed by atoms with E-state index in [1.54, 1.807) is 0 Å². The number of anilines is 3. The number of nitrogens with zero attached hydrogens (tertiary/aromatic N) is 4. The third-order valence-electron chi connectivity index (χ3n) is 9.92. The van der Waals surface area contributed by atoms with E-state index < -0.39 is 0 Å². The first-order chi connectivity index (χ1) is 26.8. The first-order valence-electron chi connectivity index (χ1n) is 18.0. The van der Waals surface area contributed by atoms with Crippen molar-refractivity contribution < 1.29 is 0 Å². The van der Waals surface area contributed by atoms with Crippen molar-refractivity contribution in [2.75, 3.05) is 4.90 Å². The number of rotatable bonds is 7. The van der Waals surface area contributed by atoms with Gasteiger partial charge >= 0.3 is 0 Å². The van der Waals surface area contributed by atoms with Gasteiger partial charge in [0.15, 0.2) is 17.5 Å². The highest BCUT2D eigenvalue weighted by Gasteiger charge is 2.23. The average Bonchev–Trinajstić information content (AvgIpc) is 3.25. The quantitative estimate of drug-likeness (QED) is 0.165. The maximum absolute atomic E-state index is 5.08. The van der Waals surface area contributed by atoms with Crippen LogP contribution in [-0.4, -0.2) is 15.0 Å². The summed E-state index contributed by atoms with van der Waals surface area (Å²) in [6.07, 6.45) is 0. The minimum atomic E-state index is 0.658. The Morgan fingerprint density at radius 3 is 1.46 bits per heavy atom. The highest BCUT2D eigenvalue weighted by molar-refractivity contribution is 7.99. The van der Waals surface area contributed by atoms with Crippen molar-refractivity contribution in [2.24, 2.45) is 0 Å². The smallest absolute Gasteiger partial charge is 0.164 e. The summed E-state index contributed by atoms with van der Waals surface area (Å²) in [7, 11) is 0. The van der Waals surface area contributed by atoms with Crippen molar-refractivity contribution in [3.63, 3.8) is 0 Å². The molecule has 0 spiro atoms. The fourth-order valence-electron chi connectivity index (χ4n) is 7.34. The molecule has 254 valence electrons. The van der Waals surface area contributed by atoms with Crippen molar-refractivity contribution in [1.29, 1.82) is 0 Å². The van der Waals surface area contributed by atoms with Crippen LogP contribution in [0.1, 0.15) is 0 Å². The second-order valence-electron chi connectivity index (χ2n) is 13.2. The van der Waals surface area contributed by atoms with Crippen molar-refractivity contribution in [3.05, 3.63) is 194 Å². The zero-order valence-corrected chi connectivity index (χ0v) is 30.0. The van der Waals surface area contributed by atoms with Crippen LogP contribution in [0, 0.1) is 0 Å². The summed E-state index contributed by atoms with van der Waals surface area (Å²) in [4.78, 5) is 19.9. The van der Waals surface area contributed by atoms with Crippen LogP contribution in [0.5, 0.6) is 0 Å². The molecule has 0 atom stereocenters. The average molecular weight is 709 g/mol. The van der Waals surface area contributed by atoms with E-state index in [0.29, 0.717) is 17.5 Å². The Bertz CT molecular complexity index is 2680. The number of fused-ring (bicyclic) bond motifs is 2. The molecular formula is C49H32N4S. The summed E-state index contributed by atoms with van der Waals surface area (Å²) < 4.78 is 0. The standard InChI is InChI=1S/C49H32N4S/c1-5-14-34(15-6-1)47-50-48(35-16-7-2-8-17-35)52-49(51-47)42-29-31-45-46-40(42)22-13-23-41(46)43-32-36(26-30-44(43)54-45)33-24-27-39(28-25-33)53(37-18-9-3-10-19-37)38-20-11-4-12-21-38/h1-32H. The lowest BCUT2D eigenvalue weighted by Crippen LogP contribution is -2.09. The molecule has 0 aliphatic carbocycles. The van der Waals surface area contributed by atoms with Crippen LogP contribution in [0.3, 0.4) is 0 Å². The molecule has 0 fully saturated rings. The van der Waals surface area contributed by atoms with Gasteiger partial charge in [-0.2, -0.15) is 0 Å². The molecule has 1 aliphatic rings. The number of aromatic nitrogens is 3. The van der Waals surface area contributed by atoms with E-state index in [0.717, 1.165) is 39.1 Å². The lowest BCUT2D eigenvalue weighted by atomic mass is 9.92. The molecule has 4 nitrogen and oxygen atoms in total. The van der Waals surface area contributed by atoms with Crippen molar-refractivity contribution in [3.8, 4) is 56.4 Å². The topological polar surface area (TPSA) is 41.9 Å². The molecular weight excluding hydrogens is 677 g/mol. The molecule has 2 heterocycles. The molecule has 0 saturated heterocycles. The molecule has 10 rings (SSSR count). The van der Waals surface area contributed by atoms with E-state index in [4.69, 9.17) is 15.0 Å². The molecule has 0 amide bonds. The highest BCUT2D eigenvalue weighted by atomic mass is 32.2. The minimum absolute atomic E-state index is 0.658. The van der Waals surface area contributed by atoms with E-state index in [1.165, 1.54) is 37.4 Å². The van der Waals surface area contributed by atoms with Gasteiger partial charge in [-0.1, -0.05) is 145 Å². The Morgan fingerprint density at radius 2 is 0.852 bits per heavy atom. The number of para-hydroxylation sites is 2. The zero-order chi connectivity index (χ0) is 35.8. The van der Waals surface area contributed by atoms with Crippen molar-refractivity contribution in [1.82, 2.24) is 15.0 Å². The van der Waals surface area contributed by atoms with Crippen LogP contribution >= 0.6 is 11.8 Å². The Kier molecular flexibility index (Phi) is 8.04. The van der Waals surface area contributed by atoms with Gasteiger partial charge in [-0.05, 0) is 88.3 Å². The van der Waals surface area contributed by atoms with Crippen LogP contribution in [0.4, 0.5) is 17.1 Å². The molecule has 1 aliphatic heterocycles. The molecule has 0 bridgehead atoms. The number of hydrogen-bond donors (Lipinski definition) is 0. The minimum Gasteiger partial charge on any atom is -0.311 e. The molecule has 0 radical (unpaired) electrons. The highest BCUT2D eigenvalue weighted by Crippen LogP contribution is 2.50. The maximum Gasteiger partial charge on any atom is 0.164 e. The Hall–Kier alpha value is -6.82. The number of benzene rings is 8. The first-order valence-corrected chi connectivity index (χ1v) is 18.8. The van der Waals surface area contributed by atoms with Gasteiger partial charge < -0.3 is 4.90 Å². The van der Waals surface area contributed by atoms with E-state index in [-0.39, 0.29) is 0 Å². The Balaban J connectivity index is 1.05. The van der Waals surface area contributed by atoms with Gasteiger partial charge in [0, 0.05) is 48.9 Å². The van der Waals surface area contributed by atoms with Gasteiger partial charge in [0.1, 0.15) is 0 Å². The Morgan fingerprint density at radius 1 is 0.333 bits per heavy atom. The molecule has 1 aromatic heterocycles. The molecule has 54 heavy (non-hydrogen) atoms. The van der Waals surface area contributed by atoms with Crippen molar-refractivity contribution >= 4 is 39.6 Å². The SMILES string of the molecule is c1ccc(-c2nc(-c3ccccc3)nc(-c3ccc4c5c(cccc35)-c3cc(-c5ccc(N(c6ccccc6)c6ccccc6)cc5)ccc3S4)n2)cc1. The summed E-state index contributed by atoms with van der Waals surface area (Å²) in [5.41, 5.74) is 11.1. The third-order valence-corrected chi connectivity index (χ3v) is 11.1. The first kappa shape index (κ1) is 31.9. The van der Waals surface area contributed by atoms with Gasteiger partial charge in [0.25, 0.3) is 0 Å². The second-order valence-corrected chi connectivity index (χ2v) is 14.3. The molecule has 5 heteroatoms. The zero-order valence-electron chi connectivity index (χ0n) is 29.2. The van der Waals surface area contributed by atoms with Crippen LogP contribution in [0.2, 0.25) is 0 Å². The van der Waals surface area contributed by atoms with Gasteiger partial charge in [0.2, 0.25) is 0 Å². The monoisotopic (exact) mass is 708 g/mol. The van der Waals surface area contributed by atoms with Gasteiger partial charge in [-0.25, -0.2) is 15.0 Å². The van der Waals surface area contributed by atoms with Crippen LogP contribution in [-0.2, 0) is 0 Å². The molecule has 9 aromatic rings. The fourth-order valence-corrected chi connectivity index (χ4v) is 8.45. The van der Waals surface area contributed by atoms with E-state index in [2.05, 4.69) is 138 Å². The number of hydrogen-bond acceptors (Lipinski definition) is 5. The summed E-state index contributed by atoms with van der Waals surface area (Å²) in [5, 5.41) is 2.35. The van der Waals surface area contributed by atoms with Crippen LogP contribution < -0.4 is 4.90 Å². The molecule has 0 saturated carbocycles. The van der Waals surface area contributed by atoms with E-state index >= 15 is 0 Å². The van der Waals surface area contributed by atoms with Crippen LogP contribution in [0.25, 0.3) is 67.2 Å². The van der Waals surface area contributed by atoms with E-state index in [9.17, 15) is 0 Å². The van der Waals surface area contributed by atoms with E-state index in [1.807, 2.05) is 72.4 Å². The normalized spacial score (nSPS) is 11.6. The fraction of sp³-hybridized carbons (Fsp3) is 0. The lowest BCUT2D eigenvalue weighted by molar-refractivity contribution is 1.08. The van der Waals surface area contributed by atoms with Crippen LogP contribution in [0.15, 0.2) is 204 Å². The predicted molar refractivity (Wildman–Crippen MR) is 223 cm³/mol. The summed E-state index contributed by atoms with van der Waals surface area (Å²) in [6, 6.07) is 68.1. The molecule has 8 aromatic carbocycles. The maximum atomic E-state index is 5.08. The van der Waals surface area contributed by atoms with Gasteiger partial charge in [-0.15, -0.1) is 0 Å². The van der Waals surface area contributed by atoms with Gasteiger partial charge in [0.05, 0.1) is 0 Å². The predicted octanol–water partition coefficient (Wildman–Crippen LogP) is 13.3. The summed E-state index contributed by atoms with van der Waals surface area (Å²) >= 11 is 1.82. The van der Waals surface area contributed by atoms with Crippen molar-refractivity contribution in [2.45, 2.75) is 9.79 Å². The molecule has 0 N–H and O–H groups in total. The summed E-state index contributed by atoms with van der Waals surface area (Å²) in [6.45, 7) is 0. The largest absolute Gasteiger partial charge is 0.311 e. The second kappa shape index (κ2) is 13.6. The Labute approximate surface area is 318 Å². The lowest BCUT2D eigenvalue weighted by Gasteiger charge is -2.25. The third kappa shape index (κ3) is 5.81. The summed E-state index contributed by atoms with van der Waals surface area (Å²) in [5.74, 6) is 1.98.